The fraction of sp³-hybridized carbons (Fsp3) is 0.636. The Labute approximate surface area is 104 Å². The molecule has 1 aliphatic heterocycles. The fourth-order valence-corrected chi connectivity index (χ4v) is 9.11. The number of likely N-dealkylation sites (N-methyl/N-ethyl adjacent to an activating group) is 1. The van der Waals surface area contributed by atoms with Crippen molar-refractivity contribution in [2.24, 2.45) is 0 Å². The standard InChI is InChI=1S/C7H12O.C4H6NO2.In/c1-3-5-7-8-6-4-2;1-5(2)4(7)3-6;/h3,5,7H,1,4,6H2,2H3;1-2H3;. The number of carbonyl (C=O) groups is 2. The van der Waals surface area contributed by atoms with Crippen LogP contribution in [-0.4, -0.2) is 60.3 Å². The Morgan fingerprint density at radius 3 is 2.75 bits per heavy atom. The van der Waals surface area contributed by atoms with Gasteiger partial charge in [-0.2, -0.15) is 0 Å². The number of allylic oxidation sites excluding steroid dienone is 1. The molecule has 1 unspecified atom stereocenters. The van der Waals surface area contributed by atoms with E-state index in [0.29, 0.717) is 6.61 Å². The summed E-state index contributed by atoms with van der Waals surface area (Å²) in [5, 5.41) is 0. The Kier molecular flexibility index (Phi) is 5.55. The molecule has 0 bridgehead atoms. The number of hydrogen-bond donors (Lipinski definition) is 0. The third kappa shape index (κ3) is 3.35. The summed E-state index contributed by atoms with van der Waals surface area (Å²) in [5.74, 6) is -0.352. The van der Waals surface area contributed by atoms with Crippen LogP contribution in [-0.2, 0) is 14.3 Å². The molecule has 0 saturated heterocycles. The van der Waals surface area contributed by atoms with Crippen molar-refractivity contribution < 1.29 is 14.3 Å². The van der Waals surface area contributed by atoms with Crippen molar-refractivity contribution in [3.05, 3.63) is 12.2 Å². The maximum absolute atomic E-state index is 11.9. The van der Waals surface area contributed by atoms with Crippen LogP contribution in [0.4, 0.5) is 0 Å². The first-order chi connectivity index (χ1) is 7.57. The van der Waals surface area contributed by atoms with Gasteiger partial charge in [0.05, 0.1) is 0 Å². The first-order valence-electron chi connectivity index (χ1n) is 5.61. The molecule has 0 aromatic rings. The van der Waals surface area contributed by atoms with Crippen LogP contribution in [0.3, 0.4) is 0 Å². The summed E-state index contributed by atoms with van der Waals surface area (Å²) in [4.78, 5) is 24.9. The average molecular weight is 327 g/mol. The zero-order valence-electron chi connectivity index (χ0n) is 10.1. The van der Waals surface area contributed by atoms with E-state index in [1.54, 1.807) is 14.1 Å². The van der Waals surface area contributed by atoms with E-state index in [2.05, 4.69) is 0 Å². The van der Waals surface area contributed by atoms with Crippen LogP contribution < -0.4 is 0 Å². The molecule has 0 radical (unpaired) electrons. The summed E-state index contributed by atoms with van der Waals surface area (Å²) in [5.41, 5.74) is 0. The van der Waals surface area contributed by atoms with Gasteiger partial charge in [-0.25, -0.2) is 0 Å². The van der Waals surface area contributed by atoms with E-state index in [1.165, 1.54) is 4.90 Å². The molecule has 4 nitrogen and oxygen atoms in total. The predicted octanol–water partition coefficient (Wildman–Crippen LogP) is 0.582. The molecule has 0 spiro atoms. The molecule has 88 valence electrons. The molecule has 1 amide bonds. The van der Waals surface area contributed by atoms with Gasteiger partial charge in [0.15, 0.2) is 0 Å². The summed E-state index contributed by atoms with van der Waals surface area (Å²) in [6.07, 6.45) is 4.91. The van der Waals surface area contributed by atoms with E-state index in [-0.39, 0.29) is 13.3 Å². The SMILES string of the molecule is CCCO[CH]1C=C[CH2][In]1[C](=O)C(=O)N(C)C. The molecular weight excluding hydrogens is 309 g/mol. The second-order valence-corrected chi connectivity index (χ2v) is 12.3. The van der Waals surface area contributed by atoms with Crippen LogP contribution in [0.5, 0.6) is 0 Å². The van der Waals surface area contributed by atoms with Crippen LogP contribution in [0.1, 0.15) is 13.3 Å². The normalized spacial score (nSPS) is 18.9. The van der Waals surface area contributed by atoms with Crippen molar-refractivity contribution in [2.45, 2.75) is 21.4 Å². The van der Waals surface area contributed by atoms with Gasteiger partial charge in [-0.15, -0.1) is 0 Å². The number of ether oxygens (including phenoxy) is 1. The van der Waals surface area contributed by atoms with Crippen molar-refractivity contribution in [3.63, 3.8) is 0 Å². The monoisotopic (exact) mass is 327 g/mol. The van der Waals surface area contributed by atoms with Gasteiger partial charge in [-0.05, 0) is 0 Å². The molecule has 0 aliphatic carbocycles. The fourth-order valence-electron chi connectivity index (χ4n) is 1.69. The Bertz CT molecular complexity index is 302. The molecular formula is C11H18InNO3. The second kappa shape index (κ2) is 6.45. The zero-order valence-corrected chi connectivity index (χ0v) is 13.4. The Balaban J connectivity index is 2.59. The van der Waals surface area contributed by atoms with Gasteiger partial charge in [0.1, 0.15) is 0 Å². The number of nitrogens with zero attached hydrogens (tertiary/aromatic N) is 1. The van der Waals surface area contributed by atoms with Crippen molar-refractivity contribution in [3.8, 4) is 0 Å². The molecule has 1 atom stereocenters. The van der Waals surface area contributed by atoms with E-state index < -0.39 is 21.4 Å². The second-order valence-electron chi connectivity index (χ2n) is 4.17. The number of amides is 1. The van der Waals surface area contributed by atoms with E-state index >= 15 is 0 Å². The summed E-state index contributed by atoms with van der Waals surface area (Å²) >= 11 is -2.55. The molecule has 0 aromatic heterocycles. The van der Waals surface area contributed by atoms with Crippen molar-refractivity contribution in [1.82, 2.24) is 4.90 Å². The number of hydrogen-bond acceptors (Lipinski definition) is 3. The molecule has 1 rings (SSSR count). The Morgan fingerprint density at radius 1 is 1.50 bits per heavy atom. The molecule has 0 fully saturated rings. The molecule has 1 heterocycles. The van der Waals surface area contributed by atoms with Gasteiger partial charge in [-0.3, -0.25) is 0 Å². The van der Waals surface area contributed by atoms with Gasteiger partial charge < -0.3 is 0 Å². The first kappa shape index (κ1) is 13.8. The molecule has 0 N–H and O–H groups in total. The van der Waals surface area contributed by atoms with Crippen molar-refractivity contribution in [1.29, 1.82) is 0 Å². The van der Waals surface area contributed by atoms with E-state index in [4.69, 9.17) is 4.74 Å². The minimum absolute atomic E-state index is 0.0156. The van der Waals surface area contributed by atoms with Crippen LogP contribution in [0.15, 0.2) is 12.2 Å². The van der Waals surface area contributed by atoms with Gasteiger partial charge in [0, 0.05) is 0 Å². The maximum atomic E-state index is 11.9. The van der Waals surface area contributed by atoms with Crippen LogP contribution in [0.2, 0.25) is 4.18 Å². The molecule has 0 aromatic carbocycles. The Morgan fingerprint density at radius 2 is 2.19 bits per heavy atom. The molecule has 16 heavy (non-hydrogen) atoms. The van der Waals surface area contributed by atoms with Crippen LogP contribution >= 0.6 is 0 Å². The predicted molar refractivity (Wildman–Crippen MR) is 63.4 cm³/mol. The topological polar surface area (TPSA) is 46.6 Å². The Hall–Kier alpha value is -0.290. The van der Waals surface area contributed by atoms with E-state index in [9.17, 15) is 9.59 Å². The van der Waals surface area contributed by atoms with Gasteiger partial charge in [-0.1, -0.05) is 0 Å². The van der Waals surface area contributed by atoms with Gasteiger partial charge >= 0.3 is 104 Å². The average Bonchev–Trinajstić information content (AvgIpc) is 2.72. The zero-order chi connectivity index (χ0) is 12.1. The van der Waals surface area contributed by atoms with Crippen molar-refractivity contribution in [2.75, 3.05) is 20.7 Å². The molecule has 1 aliphatic rings. The summed E-state index contributed by atoms with van der Waals surface area (Å²) in [6, 6.07) is 0. The quantitative estimate of drug-likeness (QED) is 0.548. The third-order valence-electron chi connectivity index (χ3n) is 2.58. The van der Waals surface area contributed by atoms with Gasteiger partial charge in [0.25, 0.3) is 0 Å². The van der Waals surface area contributed by atoms with E-state index in [0.717, 1.165) is 10.6 Å². The number of rotatable bonds is 5. The van der Waals surface area contributed by atoms with Crippen LogP contribution in [0.25, 0.3) is 0 Å². The van der Waals surface area contributed by atoms with Crippen LogP contribution in [0, 0.1) is 0 Å². The van der Waals surface area contributed by atoms with Gasteiger partial charge in [0.2, 0.25) is 0 Å². The summed E-state index contributed by atoms with van der Waals surface area (Å²) < 4.78 is 6.29. The summed E-state index contributed by atoms with van der Waals surface area (Å²) in [7, 11) is 3.24. The van der Waals surface area contributed by atoms with E-state index in [1.807, 2.05) is 19.1 Å². The molecule has 5 heteroatoms. The first-order valence-corrected chi connectivity index (χ1v) is 11.5. The molecule has 0 saturated carbocycles. The minimum atomic E-state index is -2.55. The number of carbonyl (C=O) groups excluding carboxylic acids is 2. The van der Waals surface area contributed by atoms with Crippen molar-refractivity contribution >= 4 is 30.9 Å². The summed E-state index contributed by atoms with van der Waals surface area (Å²) in [6.45, 7) is 2.71. The third-order valence-corrected chi connectivity index (χ3v) is 10.9.